The van der Waals surface area contributed by atoms with E-state index < -0.39 is 5.41 Å². The number of esters is 1. The minimum Gasteiger partial charge on any atom is -0.468 e. The number of aromatic nitrogens is 1. The maximum Gasteiger partial charge on any atom is 0.318 e. The lowest BCUT2D eigenvalue weighted by Gasteiger charge is -2.27. The third kappa shape index (κ3) is 1.98. The molecule has 1 saturated carbocycles. The number of hydrogen-bond donors (Lipinski definition) is 0. The van der Waals surface area contributed by atoms with Gasteiger partial charge in [0.1, 0.15) is 10.4 Å². The minimum absolute atomic E-state index is 0.107. The second-order valence-corrected chi connectivity index (χ2v) is 5.22. The maximum absolute atomic E-state index is 12.1. The summed E-state index contributed by atoms with van der Waals surface area (Å²) in [5, 5.41) is 2.87. The lowest BCUT2D eigenvalue weighted by Crippen LogP contribution is -2.36. The van der Waals surface area contributed by atoms with Crippen LogP contribution in [0.2, 0.25) is 0 Å². The SMILES string of the molecule is COC(=O)C1(c2nccs2)CCCCCC1. The second-order valence-electron chi connectivity index (χ2n) is 4.33. The zero-order valence-corrected chi connectivity index (χ0v) is 10.4. The van der Waals surface area contributed by atoms with Crippen LogP contribution >= 0.6 is 11.3 Å². The van der Waals surface area contributed by atoms with Crippen LogP contribution in [-0.4, -0.2) is 18.1 Å². The fourth-order valence-corrected chi connectivity index (χ4v) is 3.38. The summed E-state index contributed by atoms with van der Waals surface area (Å²) in [5.41, 5.74) is -0.459. The molecule has 0 spiro atoms. The molecule has 1 aromatic rings. The molecule has 1 heterocycles. The van der Waals surface area contributed by atoms with Gasteiger partial charge in [0.2, 0.25) is 0 Å². The van der Waals surface area contributed by atoms with Crippen molar-refractivity contribution < 1.29 is 9.53 Å². The predicted octanol–water partition coefficient (Wildman–Crippen LogP) is 2.91. The molecule has 0 N–H and O–H groups in total. The van der Waals surface area contributed by atoms with Crippen molar-refractivity contribution in [3.05, 3.63) is 16.6 Å². The molecule has 1 aromatic heterocycles. The van der Waals surface area contributed by atoms with Gasteiger partial charge in [-0.05, 0) is 12.8 Å². The van der Waals surface area contributed by atoms with E-state index in [0.29, 0.717) is 0 Å². The smallest absolute Gasteiger partial charge is 0.318 e. The van der Waals surface area contributed by atoms with Crippen molar-refractivity contribution in [3.8, 4) is 0 Å². The standard InChI is InChI=1S/C12H17NO2S/c1-15-11(14)12(10-13-8-9-16-10)6-4-2-3-5-7-12/h8-9H,2-7H2,1H3. The molecular weight excluding hydrogens is 222 g/mol. The molecule has 0 aromatic carbocycles. The molecule has 0 radical (unpaired) electrons. The molecule has 3 nitrogen and oxygen atoms in total. The minimum atomic E-state index is -0.459. The van der Waals surface area contributed by atoms with E-state index in [2.05, 4.69) is 4.98 Å². The highest BCUT2D eigenvalue weighted by Gasteiger charge is 2.43. The molecule has 1 aliphatic rings. The molecule has 0 aliphatic heterocycles. The van der Waals surface area contributed by atoms with Crippen LogP contribution in [0.25, 0.3) is 0 Å². The number of ether oxygens (including phenoxy) is 1. The molecule has 16 heavy (non-hydrogen) atoms. The average Bonchev–Trinajstić information content (AvgIpc) is 2.74. The highest BCUT2D eigenvalue weighted by molar-refractivity contribution is 7.09. The number of thiazole rings is 1. The summed E-state index contributed by atoms with van der Waals surface area (Å²) in [6.45, 7) is 0. The summed E-state index contributed by atoms with van der Waals surface area (Å²) < 4.78 is 5.00. The first kappa shape index (κ1) is 11.6. The van der Waals surface area contributed by atoms with Gasteiger partial charge >= 0.3 is 5.97 Å². The van der Waals surface area contributed by atoms with E-state index in [1.807, 2.05) is 5.38 Å². The van der Waals surface area contributed by atoms with Gasteiger partial charge in [0.25, 0.3) is 0 Å². The molecule has 0 unspecified atom stereocenters. The third-order valence-electron chi connectivity index (χ3n) is 3.37. The Kier molecular flexibility index (Phi) is 3.59. The number of hydrogen-bond acceptors (Lipinski definition) is 4. The van der Waals surface area contributed by atoms with E-state index in [0.717, 1.165) is 30.7 Å². The molecule has 2 rings (SSSR count). The zero-order valence-electron chi connectivity index (χ0n) is 9.57. The van der Waals surface area contributed by atoms with E-state index >= 15 is 0 Å². The Morgan fingerprint density at radius 3 is 2.56 bits per heavy atom. The number of carbonyl (C=O) groups is 1. The Hall–Kier alpha value is -0.900. The van der Waals surface area contributed by atoms with Gasteiger partial charge in [-0.1, -0.05) is 25.7 Å². The van der Waals surface area contributed by atoms with Crippen molar-refractivity contribution in [2.75, 3.05) is 7.11 Å². The maximum atomic E-state index is 12.1. The van der Waals surface area contributed by atoms with Gasteiger partial charge in [-0.15, -0.1) is 11.3 Å². The van der Waals surface area contributed by atoms with Gasteiger partial charge in [-0.2, -0.15) is 0 Å². The normalized spacial score (nSPS) is 20.1. The van der Waals surface area contributed by atoms with E-state index in [1.54, 1.807) is 17.5 Å². The number of carbonyl (C=O) groups excluding carboxylic acids is 1. The fourth-order valence-electron chi connectivity index (χ4n) is 2.49. The molecule has 0 atom stereocenters. The van der Waals surface area contributed by atoms with Crippen LogP contribution in [0.3, 0.4) is 0 Å². The summed E-state index contributed by atoms with van der Waals surface area (Å²) in [4.78, 5) is 16.4. The van der Waals surface area contributed by atoms with Gasteiger partial charge in [0.05, 0.1) is 7.11 Å². The Labute approximate surface area is 99.8 Å². The molecule has 1 aliphatic carbocycles. The fraction of sp³-hybridized carbons (Fsp3) is 0.667. The molecule has 88 valence electrons. The Morgan fingerprint density at radius 2 is 2.06 bits per heavy atom. The van der Waals surface area contributed by atoms with Gasteiger partial charge < -0.3 is 4.74 Å². The van der Waals surface area contributed by atoms with E-state index in [9.17, 15) is 4.79 Å². The van der Waals surface area contributed by atoms with E-state index in [4.69, 9.17) is 4.74 Å². The topological polar surface area (TPSA) is 39.2 Å². The van der Waals surface area contributed by atoms with Crippen LogP contribution in [0, 0.1) is 0 Å². The summed E-state index contributed by atoms with van der Waals surface area (Å²) in [6.07, 6.45) is 8.15. The van der Waals surface area contributed by atoms with Crippen LogP contribution in [0.15, 0.2) is 11.6 Å². The van der Waals surface area contributed by atoms with Crippen LogP contribution in [0.4, 0.5) is 0 Å². The van der Waals surface area contributed by atoms with Crippen molar-refractivity contribution in [2.24, 2.45) is 0 Å². The molecule has 1 fully saturated rings. The first-order valence-corrected chi connectivity index (χ1v) is 6.66. The van der Waals surface area contributed by atoms with Gasteiger partial charge in [0, 0.05) is 11.6 Å². The van der Waals surface area contributed by atoms with E-state index in [1.165, 1.54) is 20.0 Å². The van der Waals surface area contributed by atoms with Crippen LogP contribution in [0.1, 0.15) is 43.5 Å². The van der Waals surface area contributed by atoms with Gasteiger partial charge in [0.15, 0.2) is 0 Å². The summed E-state index contributed by atoms with van der Waals surface area (Å²) in [5.74, 6) is -0.107. The first-order chi connectivity index (χ1) is 7.79. The lowest BCUT2D eigenvalue weighted by atomic mass is 9.81. The van der Waals surface area contributed by atoms with Gasteiger partial charge in [-0.3, -0.25) is 4.79 Å². The van der Waals surface area contributed by atoms with Crippen LogP contribution < -0.4 is 0 Å². The lowest BCUT2D eigenvalue weighted by molar-refractivity contribution is -0.148. The molecule has 0 amide bonds. The summed E-state index contributed by atoms with van der Waals surface area (Å²) in [7, 11) is 1.47. The average molecular weight is 239 g/mol. The Morgan fingerprint density at radius 1 is 1.38 bits per heavy atom. The molecule has 0 bridgehead atoms. The second kappa shape index (κ2) is 4.95. The molecule has 0 saturated heterocycles. The van der Waals surface area contributed by atoms with Gasteiger partial charge in [-0.25, -0.2) is 4.98 Å². The monoisotopic (exact) mass is 239 g/mol. The van der Waals surface area contributed by atoms with Crippen molar-refractivity contribution in [1.29, 1.82) is 0 Å². The highest BCUT2D eigenvalue weighted by Crippen LogP contribution is 2.40. The largest absolute Gasteiger partial charge is 0.468 e. The van der Waals surface area contributed by atoms with E-state index in [-0.39, 0.29) is 5.97 Å². The van der Waals surface area contributed by atoms with Crippen LogP contribution in [-0.2, 0) is 14.9 Å². The van der Waals surface area contributed by atoms with Crippen LogP contribution in [0.5, 0.6) is 0 Å². The molecule has 4 heteroatoms. The number of methoxy groups -OCH3 is 1. The Bertz CT molecular complexity index is 340. The summed E-state index contributed by atoms with van der Waals surface area (Å²) >= 11 is 1.57. The van der Waals surface area contributed by atoms with Crippen molar-refractivity contribution in [3.63, 3.8) is 0 Å². The molecular formula is C12H17NO2S. The predicted molar refractivity (Wildman–Crippen MR) is 63.5 cm³/mol. The van der Waals surface area contributed by atoms with Crippen molar-refractivity contribution >= 4 is 17.3 Å². The number of rotatable bonds is 2. The quantitative estimate of drug-likeness (QED) is 0.588. The Balaban J connectivity index is 2.34. The highest BCUT2D eigenvalue weighted by atomic mass is 32.1. The van der Waals surface area contributed by atoms with Crippen molar-refractivity contribution in [2.45, 2.75) is 43.9 Å². The summed E-state index contributed by atoms with van der Waals surface area (Å²) in [6, 6.07) is 0. The first-order valence-electron chi connectivity index (χ1n) is 5.78. The van der Waals surface area contributed by atoms with Crippen molar-refractivity contribution in [1.82, 2.24) is 4.98 Å². The zero-order chi connectivity index (χ0) is 11.4. The number of nitrogens with zero attached hydrogens (tertiary/aromatic N) is 1. The third-order valence-corrected chi connectivity index (χ3v) is 4.35.